The first-order valence-corrected chi connectivity index (χ1v) is 8.77. The van der Waals surface area contributed by atoms with Crippen molar-refractivity contribution in [3.8, 4) is 0 Å². The van der Waals surface area contributed by atoms with Gasteiger partial charge in [0.05, 0.1) is 17.8 Å². The van der Waals surface area contributed by atoms with Gasteiger partial charge in [-0.3, -0.25) is 0 Å². The summed E-state index contributed by atoms with van der Waals surface area (Å²) in [7, 11) is 0. The Labute approximate surface area is 125 Å². The summed E-state index contributed by atoms with van der Waals surface area (Å²) < 4.78 is 7.51. The van der Waals surface area contributed by atoms with Gasteiger partial charge in [0.25, 0.3) is 0 Å². The number of aliphatic hydroxyl groups excluding tert-OH is 1. The molecule has 106 valence electrons. The Bertz CT molecular complexity index is 303. The summed E-state index contributed by atoms with van der Waals surface area (Å²) in [6.07, 6.45) is 4.50. The standard InChI is InChI=1S/C15H27IO2/c1-10(2)11-7-13(17)14(3,4)15(8-11)6-5-12(9-16)18-15/h10-13,17H,5-9H2,1-4H3/t11-,12?,13-,15?/m1/s1. The molecule has 0 amide bonds. The Morgan fingerprint density at radius 3 is 2.56 bits per heavy atom. The van der Waals surface area contributed by atoms with Gasteiger partial charge in [0.2, 0.25) is 0 Å². The van der Waals surface area contributed by atoms with Gasteiger partial charge in [-0.05, 0) is 37.5 Å². The second kappa shape index (κ2) is 5.21. The van der Waals surface area contributed by atoms with E-state index >= 15 is 0 Å². The molecular weight excluding hydrogens is 339 g/mol. The quantitative estimate of drug-likeness (QED) is 0.595. The van der Waals surface area contributed by atoms with Gasteiger partial charge in [0, 0.05) is 9.84 Å². The number of hydrogen-bond acceptors (Lipinski definition) is 2. The van der Waals surface area contributed by atoms with E-state index in [1.165, 1.54) is 0 Å². The van der Waals surface area contributed by atoms with Gasteiger partial charge in [-0.15, -0.1) is 0 Å². The Balaban J connectivity index is 2.24. The highest BCUT2D eigenvalue weighted by molar-refractivity contribution is 14.1. The lowest BCUT2D eigenvalue weighted by Crippen LogP contribution is -2.57. The summed E-state index contributed by atoms with van der Waals surface area (Å²) >= 11 is 2.42. The summed E-state index contributed by atoms with van der Waals surface area (Å²) in [5.74, 6) is 1.23. The largest absolute Gasteiger partial charge is 0.392 e. The molecule has 0 radical (unpaired) electrons. The van der Waals surface area contributed by atoms with Crippen molar-refractivity contribution in [2.45, 2.75) is 71.2 Å². The Morgan fingerprint density at radius 1 is 1.39 bits per heavy atom. The predicted octanol–water partition coefficient (Wildman–Crippen LogP) is 3.79. The van der Waals surface area contributed by atoms with E-state index in [0.29, 0.717) is 17.9 Å². The number of alkyl halides is 1. The van der Waals surface area contributed by atoms with E-state index in [-0.39, 0.29) is 17.1 Å². The molecule has 1 heterocycles. The summed E-state index contributed by atoms with van der Waals surface area (Å²) in [6, 6.07) is 0. The zero-order chi connectivity index (χ0) is 13.6. The minimum absolute atomic E-state index is 0.0879. The molecule has 1 aliphatic heterocycles. The van der Waals surface area contributed by atoms with Gasteiger partial charge in [0.15, 0.2) is 0 Å². The second-order valence-corrected chi connectivity index (χ2v) is 7.99. The first-order chi connectivity index (χ1) is 8.32. The zero-order valence-electron chi connectivity index (χ0n) is 12.1. The number of ether oxygens (including phenoxy) is 1. The summed E-state index contributed by atoms with van der Waals surface area (Å²) in [5, 5.41) is 10.6. The molecule has 2 nitrogen and oxygen atoms in total. The van der Waals surface area contributed by atoms with Gasteiger partial charge >= 0.3 is 0 Å². The van der Waals surface area contributed by atoms with E-state index in [1.54, 1.807) is 0 Å². The fourth-order valence-electron chi connectivity index (χ4n) is 3.73. The van der Waals surface area contributed by atoms with Crippen LogP contribution in [0.25, 0.3) is 0 Å². The summed E-state index contributed by atoms with van der Waals surface area (Å²) in [4.78, 5) is 0. The van der Waals surface area contributed by atoms with Crippen LogP contribution in [0, 0.1) is 17.3 Å². The Hall–Kier alpha value is 0.650. The van der Waals surface area contributed by atoms with Crippen molar-refractivity contribution in [1.29, 1.82) is 0 Å². The van der Waals surface area contributed by atoms with Crippen molar-refractivity contribution in [2.75, 3.05) is 4.43 Å². The minimum atomic E-state index is -0.230. The third kappa shape index (κ3) is 2.35. The van der Waals surface area contributed by atoms with E-state index < -0.39 is 0 Å². The molecular formula is C15H27IO2. The highest BCUT2D eigenvalue weighted by Gasteiger charge is 2.58. The Kier molecular flexibility index (Phi) is 4.35. The van der Waals surface area contributed by atoms with Gasteiger partial charge < -0.3 is 9.84 Å². The van der Waals surface area contributed by atoms with Gasteiger partial charge in [-0.1, -0.05) is 50.3 Å². The number of aliphatic hydroxyl groups is 1. The van der Waals surface area contributed by atoms with Crippen molar-refractivity contribution in [2.24, 2.45) is 17.3 Å². The lowest BCUT2D eigenvalue weighted by atomic mass is 9.58. The SMILES string of the molecule is CC(C)[C@@H]1C[C@@H](O)C(C)(C)C2(CCC(CI)O2)C1. The molecule has 1 aliphatic carbocycles. The minimum Gasteiger partial charge on any atom is -0.392 e. The molecule has 3 heteroatoms. The van der Waals surface area contributed by atoms with Crippen LogP contribution >= 0.6 is 22.6 Å². The maximum absolute atomic E-state index is 10.6. The number of hydrogen-bond donors (Lipinski definition) is 1. The highest BCUT2D eigenvalue weighted by atomic mass is 127. The molecule has 2 rings (SSSR count). The van der Waals surface area contributed by atoms with Gasteiger partial charge in [0.1, 0.15) is 0 Å². The lowest BCUT2D eigenvalue weighted by Gasteiger charge is -2.53. The fourth-order valence-corrected chi connectivity index (χ4v) is 4.35. The molecule has 0 aromatic rings. The van der Waals surface area contributed by atoms with Crippen LogP contribution in [0.15, 0.2) is 0 Å². The molecule has 0 bridgehead atoms. The Morgan fingerprint density at radius 2 is 2.06 bits per heavy atom. The van der Waals surface area contributed by atoms with Crippen LogP contribution in [0.2, 0.25) is 0 Å². The van der Waals surface area contributed by atoms with E-state index in [9.17, 15) is 5.11 Å². The van der Waals surface area contributed by atoms with Crippen LogP contribution in [-0.2, 0) is 4.74 Å². The number of rotatable bonds is 2. The van der Waals surface area contributed by atoms with Crippen molar-refractivity contribution >= 4 is 22.6 Å². The van der Waals surface area contributed by atoms with Crippen molar-refractivity contribution in [3.63, 3.8) is 0 Å². The molecule has 2 fully saturated rings. The normalized spacial score (nSPS) is 43.8. The molecule has 0 aromatic carbocycles. The van der Waals surface area contributed by atoms with Gasteiger partial charge in [-0.25, -0.2) is 0 Å². The molecule has 18 heavy (non-hydrogen) atoms. The predicted molar refractivity (Wildman–Crippen MR) is 83.1 cm³/mol. The molecule has 4 atom stereocenters. The maximum atomic E-state index is 10.6. The monoisotopic (exact) mass is 366 g/mol. The van der Waals surface area contributed by atoms with Crippen LogP contribution in [-0.4, -0.2) is 27.3 Å². The smallest absolute Gasteiger partial charge is 0.0765 e. The molecule has 2 unspecified atom stereocenters. The van der Waals surface area contributed by atoms with Crippen LogP contribution in [0.1, 0.15) is 53.4 Å². The molecule has 2 aliphatic rings. The molecule has 1 saturated carbocycles. The van der Waals surface area contributed by atoms with E-state index in [2.05, 4.69) is 50.3 Å². The molecule has 1 spiro atoms. The van der Waals surface area contributed by atoms with Crippen molar-refractivity contribution in [3.05, 3.63) is 0 Å². The maximum Gasteiger partial charge on any atom is 0.0765 e. The summed E-state index contributed by atoms with van der Waals surface area (Å²) in [5.41, 5.74) is -0.200. The van der Waals surface area contributed by atoms with E-state index in [0.717, 1.165) is 30.1 Å². The molecule has 0 aromatic heterocycles. The first kappa shape index (κ1) is 15.0. The van der Waals surface area contributed by atoms with Crippen LogP contribution in [0.4, 0.5) is 0 Å². The third-order valence-corrected chi connectivity index (χ3v) is 6.48. The highest BCUT2D eigenvalue weighted by Crippen LogP contribution is 2.55. The summed E-state index contributed by atoms with van der Waals surface area (Å²) in [6.45, 7) is 8.94. The van der Waals surface area contributed by atoms with Crippen molar-refractivity contribution in [1.82, 2.24) is 0 Å². The second-order valence-electron chi connectivity index (χ2n) is 7.11. The average molecular weight is 366 g/mol. The van der Waals surface area contributed by atoms with E-state index in [1.807, 2.05) is 0 Å². The van der Waals surface area contributed by atoms with Crippen LogP contribution in [0.5, 0.6) is 0 Å². The number of halogens is 1. The average Bonchev–Trinajstić information content (AvgIpc) is 2.71. The third-order valence-electron chi connectivity index (χ3n) is 5.50. The zero-order valence-corrected chi connectivity index (χ0v) is 14.2. The lowest BCUT2D eigenvalue weighted by molar-refractivity contribution is -0.192. The fraction of sp³-hybridized carbons (Fsp3) is 1.00. The van der Waals surface area contributed by atoms with Crippen molar-refractivity contribution < 1.29 is 9.84 Å². The van der Waals surface area contributed by atoms with E-state index in [4.69, 9.17) is 4.74 Å². The van der Waals surface area contributed by atoms with Gasteiger partial charge in [-0.2, -0.15) is 0 Å². The molecule has 1 N–H and O–H groups in total. The molecule has 1 saturated heterocycles. The topological polar surface area (TPSA) is 29.5 Å². The first-order valence-electron chi connectivity index (χ1n) is 7.24. The van der Waals surface area contributed by atoms with Crippen LogP contribution < -0.4 is 0 Å². The van der Waals surface area contributed by atoms with Crippen LogP contribution in [0.3, 0.4) is 0 Å².